The van der Waals surface area contributed by atoms with Gasteiger partial charge in [-0.25, -0.2) is 0 Å². The molecular weight excluding hydrogens is 350 g/mol. The molecule has 142 valence electrons. The Morgan fingerprint density at radius 2 is 1.76 bits per heavy atom. The number of rotatable bonds is 5. The first-order chi connectivity index (χ1) is 11.6. The molecule has 2 rings (SSSR count). The van der Waals surface area contributed by atoms with Crippen molar-refractivity contribution < 1.29 is 31.1 Å². The molecule has 1 aliphatic heterocycles. The number of hydrogen-bond acceptors (Lipinski definition) is 3. The molecule has 1 N–H and O–H groups in total. The third kappa shape index (κ3) is 5.50. The first kappa shape index (κ1) is 19.8. The molecular formula is C16H20F6N2O. The summed E-state index contributed by atoms with van der Waals surface area (Å²) in [5.41, 5.74) is -0.537. The maximum absolute atomic E-state index is 12.9. The Labute approximate surface area is 141 Å². The molecule has 1 aromatic carbocycles. The van der Waals surface area contributed by atoms with Crippen molar-refractivity contribution >= 4 is 0 Å². The van der Waals surface area contributed by atoms with Gasteiger partial charge in [0.2, 0.25) is 0 Å². The monoisotopic (exact) mass is 370 g/mol. The van der Waals surface area contributed by atoms with E-state index in [-0.39, 0.29) is 12.2 Å². The second-order valence-corrected chi connectivity index (χ2v) is 5.91. The van der Waals surface area contributed by atoms with Crippen LogP contribution in [0.3, 0.4) is 0 Å². The molecule has 1 atom stereocenters. The smallest absolute Gasteiger partial charge is 0.416 e. The first-order valence-corrected chi connectivity index (χ1v) is 7.88. The lowest BCUT2D eigenvalue weighted by Gasteiger charge is -2.36. The van der Waals surface area contributed by atoms with Crippen molar-refractivity contribution in [3.05, 3.63) is 29.3 Å². The second-order valence-electron chi connectivity index (χ2n) is 5.91. The van der Waals surface area contributed by atoms with Crippen LogP contribution in [0.1, 0.15) is 30.0 Å². The molecule has 0 aliphatic carbocycles. The molecule has 25 heavy (non-hydrogen) atoms. The minimum Gasteiger partial charge on any atom is -0.496 e. The number of nitrogens with one attached hydrogen (secondary N) is 1. The van der Waals surface area contributed by atoms with Crippen LogP contribution in [0, 0.1) is 0 Å². The number of methoxy groups -OCH3 is 1. The molecule has 0 aromatic heterocycles. The van der Waals surface area contributed by atoms with Crippen molar-refractivity contribution in [1.29, 1.82) is 0 Å². The Balaban J connectivity index is 2.34. The zero-order valence-electron chi connectivity index (χ0n) is 13.7. The van der Waals surface area contributed by atoms with Gasteiger partial charge in [-0.3, -0.25) is 4.90 Å². The van der Waals surface area contributed by atoms with Gasteiger partial charge in [-0.15, -0.1) is 0 Å². The minimum absolute atomic E-state index is 0.0412. The predicted octanol–water partition coefficient (Wildman–Crippen LogP) is 4.00. The normalized spacial score (nSPS) is 18.2. The molecule has 1 fully saturated rings. The fourth-order valence-corrected chi connectivity index (χ4v) is 2.99. The number of hydrogen-bond donors (Lipinski definition) is 1. The summed E-state index contributed by atoms with van der Waals surface area (Å²) >= 11 is 0. The summed E-state index contributed by atoms with van der Waals surface area (Å²) in [5, 5.41) is 3.11. The van der Waals surface area contributed by atoms with Crippen LogP contribution in [-0.4, -0.2) is 44.4 Å². The van der Waals surface area contributed by atoms with Gasteiger partial charge in [-0.1, -0.05) is 6.07 Å². The van der Waals surface area contributed by atoms with E-state index in [1.165, 1.54) is 13.2 Å². The largest absolute Gasteiger partial charge is 0.496 e. The van der Waals surface area contributed by atoms with E-state index in [2.05, 4.69) is 5.32 Å². The quantitative estimate of drug-likeness (QED) is 0.793. The molecule has 0 unspecified atom stereocenters. The average molecular weight is 370 g/mol. The number of nitrogens with zero attached hydrogens (tertiary/aromatic N) is 1. The van der Waals surface area contributed by atoms with Crippen LogP contribution in [-0.2, 0) is 6.18 Å². The lowest BCUT2D eigenvalue weighted by molar-refractivity contribution is -0.138. The highest BCUT2D eigenvalue weighted by molar-refractivity contribution is 5.41. The number of halogens is 6. The number of ether oxygens (including phenoxy) is 1. The molecule has 1 aliphatic rings. The van der Waals surface area contributed by atoms with E-state index < -0.39 is 30.4 Å². The van der Waals surface area contributed by atoms with E-state index in [0.29, 0.717) is 31.7 Å². The molecule has 0 spiro atoms. The maximum Gasteiger partial charge on any atom is 0.416 e. The van der Waals surface area contributed by atoms with E-state index in [4.69, 9.17) is 4.74 Å². The van der Waals surface area contributed by atoms with Crippen LogP contribution in [0.5, 0.6) is 5.75 Å². The summed E-state index contributed by atoms with van der Waals surface area (Å²) in [7, 11) is 1.22. The van der Waals surface area contributed by atoms with Crippen LogP contribution in [0.15, 0.2) is 18.2 Å². The van der Waals surface area contributed by atoms with Crippen molar-refractivity contribution in [3.8, 4) is 5.75 Å². The Morgan fingerprint density at radius 1 is 1.12 bits per heavy atom. The highest BCUT2D eigenvalue weighted by Crippen LogP contribution is 2.39. The fourth-order valence-electron chi connectivity index (χ4n) is 2.99. The molecule has 1 heterocycles. The summed E-state index contributed by atoms with van der Waals surface area (Å²) < 4.78 is 81.8. The molecule has 0 bridgehead atoms. The molecule has 9 heteroatoms. The lowest BCUT2D eigenvalue weighted by Crippen LogP contribution is -2.45. The van der Waals surface area contributed by atoms with Gasteiger partial charge in [0.05, 0.1) is 12.7 Å². The van der Waals surface area contributed by atoms with E-state index in [1.807, 2.05) is 4.90 Å². The topological polar surface area (TPSA) is 24.5 Å². The fraction of sp³-hybridized carbons (Fsp3) is 0.625. The van der Waals surface area contributed by atoms with Crippen LogP contribution in [0.2, 0.25) is 0 Å². The summed E-state index contributed by atoms with van der Waals surface area (Å²) in [5.74, 6) is -0.0412. The van der Waals surface area contributed by atoms with Gasteiger partial charge in [-0.05, 0) is 18.6 Å². The van der Waals surface area contributed by atoms with E-state index in [9.17, 15) is 26.3 Å². The van der Waals surface area contributed by atoms with Gasteiger partial charge in [0.15, 0.2) is 0 Å². The van der Waals surface area contributed by atoms with Gasteiger partial charge in [-0.2, -0.15) is 26.3 Å². The highest BCUT2D eigenvalue weighted by Gasteiger charge is 2.35. The van der Waals surface area contributed by atoms with Gasteiger partial charge >= 0.3 is 12.4 Å². The standard InChI is InChI=1S/C16H20F6N2O/c1-25-14-10-11(16(20,21)22)2-3-12(14)13(4-5-15(17,18)19)24-8-6-23-7-9-24/h2-3,10,13,23H,4-9H2,1H3/t13-/m1/s1. The Morgan fingerprint density at radius 3 is 2.28 bits per heavy atom. The maximum atomic E-state index is 12.9. The zero-order chi connectivity index (χ0) is 18.7. The van der Waals surface area contributed by atoms with E-state index >= 15 is 0 Å². The molecule has 0 radical (unpaired) electrons. The highest BCUT2D eigenvalue weighted by atomic mass is 19.4. The summed E-state index contributed by atoms with van der Waals surface area (Å²) in [6.45, 7) is 2.27. The third-order valence-electron chi connectivity index (χ3n) is 4.21. The van der Waals surface area contributed by atoms with Crippen molar-refractivity contribution in [2.75, 3.05) is 33.3 Å². The van der Waals surface area contributed by atoms with Crippen molar-refractivity contribution in [2.24, 2.45) is 0 Å². The number of alkyl halides is 6. The molecule has 0 saturated carbocycles. The van der Waals surface area contributed by atoms with Crippen molar-refractivity contribution in [3.63, 3.8) is 0 Å². The third-order valence-corrected chi connectivity index (χ3v) is 4.21. The molecule has 1 saturated heterocycles. The SMILES string of the molecule is COc1cc(C(F)(F)F)ccc1[C@@H](CCC(F)(F)F)N1CCNCC1. The number of benzene rings is 1. The Hall–Kier alpha value is -1.48. The van der Waals surface area contributed by atoms with Gasteiger partial charge in [0.1, 0.15) is 5.75 Å². The van der Waals surface area contributed by atoms with Crippen LogP contribution < -0.4 is 10.1 Å². The molecule has 0 amide bonds. The van der Waals surface area contributed by atoms with E-state index in [0.717, 1.165) is 12.1 Å². The number of piperazine rings is 1. The molecule has 1 aromatic rings. The summed E-state index contributed by atoms with van der Waals surface area (Å²) in [4.78, 5) is 1.85. The van der Waals surface area contributed by atoms with Crippen LogP contribution in [0.25, 0.3) is 0 Å². The van der Waals surface area contributed by atoms with E-state index in [1.54, 1.807) is 0 Å². The summed E-state index contributed by atoms with van der Waals surface area (Å²) in [6.07, 6.45) is -10.1. The van der Waals surface area contributed by atoms with Gasteiger partial charge in [0.25, 0.3) is 0 Å². The average Bonchev–Trinajstić information content (AvgIpc) is 2.54. The second kappa shape index (κ2) is 7.82. The lowest BCUT2D eigenvalue weighted by atomic mass is 9.96. The zero-order valence-corrected chi connectivity index (χ0v) is 13.7. The van der Waals surface area contributed by atoms with Crippen molar-refractivity contribution in [2.45, 2.75) is 31.2 Å². The van der Waals surface area contributed by atoms with Crippen LogP contribution >= 0.6 is 0 Å². The van der Waals surface area contributed by atoms with Gasteiger partial charge < -0.3 is 10.1 Å². The van der Waals surface area contributed by atoms with Gasteiger partial charge in [0, 0.05) is 44.2 Å². The predicted molar refractivity (Wildman–Crippen MR) is 80.5 cm³/mol. The molecule has 3 nitrogen and oxygen atoms in total. The van der Waals surface area contributed by atoms with Crippen LogP contribution in [0.4, 0.5) is 26.3 Å². The summed E-state index contributed by atoms with van der Waals surface area (Å²) in [6, 6.07) is 2.31. The Kier molecular flexibility index (Phi) is 6.21. The van der Waals surface area contributed by atoms with Crippen molar-refractivity contribution in [1.82, 2.24) is 10.2 Å². The minimum atomic E-state index is -4.54. The first-order valence-electron chi connectivity index (χ1n) is 7.88. The Bertz CT molecular complexity index is 567.